The maximum Gasteiger partial charge on any atom is 0.166 e. The van der Waals surface area contributed by atoms with Crippen LogP contribution in [0.2, 0.25) is 0 Å². The maximum absolute atomic E-state index is 13.4. The Bertz CT molecular complexity index is 476. The van der Waals surface area contributed by atoms with E-state index in [0.29, 0.717) is 11.0 Å². The molecule has 2 rings (SSSR count). The fourth-order valence-electron chi connectivity index (χ4n) is 1.23. The molecule has 0 aromatic carbocycles. The van der Waals surface area contributed by atoms with Crippen LogP contribution in [0.1, 0.15) is 5.56 Å². The standard InChI is InChI=1S/C11H9BrFN3/c12-9-5-10(13)11(16-7-9)15-6-8-1-3-14-4-2-8/h1-5,7H,6H2,(H,15,16). The predicted molar refractivity (Wildman–Crippen MR) is 63.5 cm³/mol. The highest BCUT2D eigenvalue weighted by atomic mass is 79.9. The van der Waals surface area contributed by atoms with Crippen LogP contribution >= 0.6 is 15.9 Å². The molecule has 0 bridgehead atoms. The summed E-state index contributed by atoms with van der Waals surface area (Å²) >= 11 is 3.15. The first-order valence-corrected chi connectivity index (χ1v) is 5.49. The Balaban J connectivity index is 2.05. The van der Waals surface area contributed by atoms with E-state index in [-0.39, 0.29) is 11.6 Å². The Morgan fingerprint density at radius 3 is 2.75 bits per heavy atom. The molecule has 0 spiro atoms. The lowest BCUT2D eigenvalue weighted by atomic mass is 10.3. The van der Waals surface area contributed by atoms with Crippen molar-refractivity contribution in [1.29, 1.82) is 0 Å². The number of rotatable bonds is 3. The molecule has 0 amide bonds. The lowest BCUT2D eigenvalue weighted by Crippen LogP contribution is -2.03. The molecule has 16 heavy (non-hydrogen) atoms. The topological polar surface area (TPSA) is 37.8 Å². The third-order valence-electron chi connectivity index (χ3n) is 2.02. The summed E-state index contributed by atoms with van der Waals surface area (Å²) < 4.78 is 14.0. The van der Waals surface area contributed by atoms with Crippen molar-refractivity contribution < 1.29 is 4.39 Å². The molecule has 2 aromatic rings. The molecule has 2 aromatic heterocycles. The molecule has 0 saturated heterocycles. The van der Waals surface area contributed by atoms with Gasteiger partial charge in [-0.25, -0.2) is 9.37 Å². The molecule has 5 heteroatoms. The van der Waals surface area contributed by atoms with E-state index >= 15 is 0 Å². The Morgan fingerprint density at radius 2 is 2.06 bits per heavy atom. The van der Waals surface area contributed by atoms with Crippen LogP contribution in [0, 0.1) is 5.82 Å². The van der Waals surface area contributed by atoms with Gasteiger partial charge in [-0.3, -0.25) is 4.98 Å². The molecule has 0 radical (unpaired) electrons. The van der Waals surface area contributed by atoms with Crippen molar-refractivity contribution in [2.75, 3.05) is 5.32 Å². The number of anilines is 1. The van der Waals surface area contributed by atoms with Gasteiger partial charge in [0.2, 0.25) is 0 Å². The second kappa shape index (κ2) is 5.03. The molecule has 0 saturated carbocycles. The van der Waals surface area contributed by atoms with Crippen LogP contribution in [0.15, 0.2) is 41.3 Å². The summed E-state index contributed by atoms with van der Waals surface area (Å²) in [5, 5.41) is 2.92. The van der Waals surface area contributed by atoms with E-state index in [1.54, 1.807) is 18.6 Å². The van der Waals surface area contributed by atoms with Crippen molar-refractivity contribution in [2.45, 2.75) is 6.54 Å². The van der Waals surface area contributed by atoms with Gasteiger partial charge in [0, 0.05) is 29.6 Å². The second-order valence-corrected chi connectivity index (χ2v) is 4.11. The van der Waals surface area contributed by atoms with Crippen LogP contribution in [0.3, 0.4) is 0 Å². The first-order valence-electron chi connectivity index (χ1n) is 4.69. The molecular weight excluding hydrogens is 273 g/mol. The summed E-state index contributed by atoms with van der Waals surface area (Å²) in [6.07, 6.45) is 4.95. The van der Waals surface area contributed by atoms with E-state index in [0.717, 1.165) is 5.56 Å². The Morgan fingerprint density at radius 1 is 1.31 bits per heavy atom. The van der Waals surface area contributed by atoms with Gasteiger partial charge in [-0.15, -0.1) is 0 Å². The normalized spacial score (nSPS) is 10.1. The molecule has 0 aliphatic carbocycles. The fraction of sp³-hybridized carbons (Fsp3) is 0.0909. The van der Waals surface area contributed by atoms with Gasteiger partial charge in [0.1, 0.15) is 0 Å². The van der Waals surface area contributed by atoms with E-state index in [9.17, 15) is 4.39 Å². The second-order valence-electron chi connectivity index (χ2n) is 3.19. The monoisotopic (exact) mass is 281 g/mol. The van der Waals surface area contributed by atoms with Gasteiger partial charge < -0.3 is 5.32 Å². The van der Waals surface area contributed by atoms with Gasteiger partial charge in [-0.05, 0) is 39.7 Å². The molecule has 0 atom stereocenters. The van der Waals surface area contributed by atoms with Crippen molar-refractivity contribution in [1.82, 2.24) is 9.97 Å². The predicted octanol–water partition coefficient (Wildman–Crippen LogP) is 2.99. The minimum absolute atomic E-state index is 0.250. The summed E-state index contributed by atoms with van der Waals surface area (Å²) in [4.78, 5) is 7.85. The minimum Gasteiger partial charge on any atom is -0.364 e. The fourth-order valence-corrected chi connectivity index (χ4v) is 1.53. The summed E-state index contributed by atoms with van der Waals surface area (Å²) in [6.45, 7) is 0.522. The van der Waals surface area contributed by atoms with E-state index in [1.807, 2.05) is 12.1 Å². The SMILES string of the molecule is Fc1cc(Br)cnc1NCc1ccncc1. The van der Waals surface area contributed by atoms with E-state index < -0.39 is 0 Å². The maximum atomic E-state index is 13.4. The van der Waals surface area contributed by atoms with Gasteiger partial charge in [0.15, 0.2) is 11.6 Å². The number of hydrogen-bond donors (Lipinski definition) is 1. The first-order chi connectivity index (χ1) is 7.75. The summed E-state index contributed by atoms with van der Waals surface area (Å²) in [5.74, 6) is -0.122. The molecule has 1 N–H and O–H groups in total. The highest BCUT2D eigenvalue weighted by Gasteiger charge is 2.03. The van der Waals surface area contributed by atoms with Gasteiger partial charge in [0.05, 0.1) is 0 Å². The van der Waals surface area contributed by atoms with Crippen LogP contribution in [-0.4, -0.2) is 9.97 Å². The minimum atomic E-state index is -0.372. The van der Waals surface area contributed by atoms with E-state index in [4.69, 9.17) is 0 Å². The number of aromatic nitrogens is 2. The zero-order valence-corrected chi connectivity index (χ0v) is 9.91. The lowest BCUT2D eigenvalue weighted by molar-refractivity contribution is 0.623. The summed E-state index contributed by atoms with van der Waals surface area (Å²) in [5.41, 5.74) is 1.03. The average molecular weight is 282 g/mol. The number of hydrogen-bond acceptors (Lipinski definition) is 3. The average Bonchev–Trinajstić information content (AvgIpc) is 2.29. The zero-order valence-electron chi connectivity index (χ0n) is 8.32. The van der Waals surface area contributed by atoms with Gasteiger partial charge in [-0.1, -0.05) is 0 Å². The zero-order chi connectivity index (χ0) is 11.4. The number of halogens is 2. The van der Waals surface area contributed by atoms with Crippen molar-refractivity contribution in [2.24, 2.45) is 0 Å². The van der Waals surface area contributed by atoms with Crippen molar-refractivity contribution >= 4 is 21.7 Å². The molecular formula is C11H9BrFN3. The molecule has 0 unspecified atom stereocenters. The third-order valence-corrected chi connectivity index (χ3v) is 2.45. The van der Waals surface area contributed by atoms with Gasteiger partial charge >= 0.3 is 0 Å². The number of nitrogens with one attached hydrogen (secondary N) is 1. The molecule has 0 fully saturated rings. The molecule has 0 aliphatic rings. The molecule has 82 valence electrons. The van der Waals surface area contributed by atoms with Crippen LogP contribution in [0.4, 0.5) is 10.2 Å². The van der Waals surface area contributed by atoms with Crippen molar-refractivity contribution in [3.63, 3.8) is 0 Å². The van der Waals surface area contributed by atoms with Crippen LogP contribution < -0.4 is 5.32 Å². The van der Waals surface area contributed by atoms with Gasteiger partial charge in [0.25, 0.3) is 0 Å². The lowest BCUT2D eigenvalue weighted by Gasteiger charge is -2.06. The van der Waals surface area contributed by atoms with Crippen LogP contribution in [0.5, 0.6) is 0 Å². The van der Waals surface area contributed by atoms with E-state index in [1.165, 1.54) is 6.07 Å². The number of nitrogens with zero attached hydrogens (tertiary/aromatic N) is 2. The van der Waals surface area contributed by atoms with E-state index in [2.05, 4.69) is 31.2 Å². The molecule has 0 aliphatic heterocycles. The Kier molecular flexibility index (Phi) is 3.46. The Labute approximate surface area is 101 Å². The first kappa shape index (κ1) is 11.0. The Hall–Kier alpha value is -1.49. The third kappa shape index (κ3) is 2.76. The number of pyridine rings is 2. The van der Waals surface area contributed by atoms with Crippen LogP contribution in [-0.2, 0) is 6.54 Å². The van der Waals surface area contributed by atoms with Crippen molar-refractivity contribution in [3.8, 4) is 0 Å². The smallest absolute Gasteiger partial charge is 0.166 e. The molecule has 3 nitrogen and oxygen atoms in total. The quantitative estimate of drug-likeness (QED) is 0.940. The highest BCUT2D eigenvalue weighted by molar-refractivity contribution is 9.10. The molecule has 2 heterocycles. The summed E-state index contributed by atoms with van der Waals surface area (Å²) in [7, 11) is 0. The summed E-state index contributed by atoms with van der Waals surface area (Å²) in [6, 6.07) is 5.11. The van der Waals surface area contributed by atoms with Gasteiger partial charge in [-0.2, -0.15) is 0 Å². The van der Waals surface area contributed by atoms with Crippen LogP contribution in [0.25, 0.3) is 0 Å². The largest absolute Gasteiger partial charge is 0.364 e. The highest BCUT2D eigenvalue weighted by Crippen LogP contribution is 2.16. The van der Waals surface area contributed by atoms with Crippen molar-refractivity contribution in [3.05, 3.63) is 52.6 Å².